The normalized spacial score (nSPS) is 25.9. The molecular formula is C11H20N2O2. The predicted octanol–water partition coefficient (Wildman–Crippen LogP) is 0.112. The molecule has 4 heteroatoms. The van der Waals surface area contributed by atoms with Crippen molar-refractivity contribution in [3.8, 4) is 0 Å². The summed E-state index contributed by atoms with van der Waals surface area (Å²) in [5.41, 5.74) is 0. The maximum atomic E-state index is 11.8. The van der Waals surface area contributed by atoms with E-state index in [1.54, 1.807) is 0 Å². The molecule has 1 heterocycles. The Kier molecular flexibility index (Phi) is 3.59. The van der Waals surface area contributed by atoms with Crippen molar-refractivity contribution in [2.75, 3.05) is 19.7 Å². The fourth-order valence-electron chi connectivity index (χ4n) is 2.17. The van der Waals surface area contributed by atoms with Gasteiger partial charge in [0.1, 0.15) is 0 Å². The first-order chi connectivity index (χ1) is 7.31. The second-order valence-electron chi connectivity index (χ2n) is 4.54. The molecule has 1 saturated carbocycles. The number of nitrogens with one attached hydrogen (secondary N) is 1. The van der Waals surface area contributed by atoms with Crippen molar-refractivity contribution < 1.29 is 9.90 Å². The number of nitrogens with zero attached hydrogens (tertiary/aromatic N) is 1. The van der Waals surface area contributed by atoms with Crippen LogP contribution < -0.4 is 5.32 Å². The standard InChI is InChI=1S/C11H20N2O2/c14-8-10-2-1-7-13(10)11(15)5-6-12-9-3-4-9/h9-10,12,14H,1-8H2/t10-/m0/s1. The van der Waals surface area contributed by atoms with E-state index in [1.807, 2.05) is 4.90 Å². The van der Waals surface area contributed by atoms with Gasteiger partial charge in [0.25, 0.3) is 0 Å². The molecule has 1 atom stereocenters. The van der Waals surface area contributed by atoms with E-state index in [4.69, 9.17) is 5.11 Å². The summed E-state index contributed by atoms with van der Waals surface area (Å²) in [5.74, 6) is 0.194. The van der Waals surface area contributed by atoms with Crippen LogP contribution in [0.4, 0.5) is 0 Å². The second kappa shape index (κ2) is 4.94. The van der Waals surface area contributed by atoms with E-state index in [-0.39, 0.29) is 18.6 Å². The van der Waals surface area contributed by atoms with Gasteiger partial charge in [-0.1, -0.05) is 0 Å². The number of hydrogen-bond acceptors (Lipinski definition) is 3. The second-order valence-corrected chi connectivity index (χ2v) is 4.54. The van der Waals surface area contributed by atoms with Gasteiger partial charge in [-0.15, -0.1) is 0 Å². The molecule has 15 heavy (non-hydrogen) atoms. The quantitative estimate of drug-likeness (QED) is 0.680. The van der Waals surface area contributed by atoms with E-state index in [0.717, 1.165) is 25.9 Å². The van der Waals surface area contributed by atoms with Gasteiger partial charge >= 0.3 is 0 Å². The summed E-state index contributed by atoms with van der Waals surface area (Å²) < 4.78 is 0. The Morgan fingerprint density at radius 1 is 1.40 bits per heavy atom. The highest BCUT2D eigenvalue weighted by Crippen LogP contribution is 2.19. The molecule has 1 aliphatic carbocycles. The van der Waals surface area contributed by atoms with Crippen LogP contribution in [0.5, 0.6) is 0 Å². The maximum absolute atomic E-state index is 11.8. The highest BCUT2D eigenvalue weighted by atomic mass is 16.3. The smallest absolute Gasteiger partial charge is 0.224 e. The Hall–Kier alpha value is -0.610. The van der Waals surface area contributed by atoms with Gasteiger partial charge in [-0.3, -0.25) is 4.79 Å². The van der Waals surface area contributed by atoms with E-state index in [2.05, 4.69) is 5.32 Å². The van der Waals surface area contributed by atoms with E-state index < -0.39 is 0 Å². The largest absolute Gasteiger partial charge is 0.394 e. The summed E-state index contributed by atoms with van der Waals surface area (Å²) in [5, 5.41) is 12.4. The number of likely N-dealkylation sites (tertiary alicyclic amines) is 1. The van der Waals surface area contributed by atoms with Crippen molar-refractivity contribution in [2.24, 2.45) is 0 Å². The monoisotopic (exact) mass is 212 g/mol. The lowest BCUT2D eigenvalue weighted by molar-refractivity contribution is -0.132. The van der Waals surface area contributed by atoms with Gasteiger partial charge in [0.05, 0.1) is 12.6 Å². The third-order valence-corrected chi connectivity index (χ3v) is 3.26. The summed E-state index contributed by atoms with van der Waals surface area (Å²) in [6.07, 6.45) is 5.09. The van der Waals surface area contributed by atoms with Gasteiger partial charge in [-0.05, 0) is 25.7 Å². The Morgan fingerprint density at radius 3 is 2.87 bits per heavy atom. The van der Waals surface area contributed by atoms with Crippen LogP contribution >= 0.6 is 0 Å². The fourth-order valence-corrected chi connectivity index (χ4v) is 2.17. The SMILES string of the molecule is O=C(CCNC1CC1)N1CCC[C@H]1CO. The van der Waals surface area contributed by atoms with Crippen LogP contribution in [0.1, 0.15) is 32.1 Å². The summed E-state index contributed by atoms with van der Waals surface area (Å²) >= 11 is 0. The van der Waals surface area contributed by atoms with Crippen LogP contribution in [-0.2, 0) is 4.79 Å². The molecule has 2 N–H and O–H groups in total. The first-order valence-corrected chi connectivity index (χ1v) is 5.95. The molecule has 2 aliphatic rings. The van der Waals surface area contributed by atoms with Crippen LogP contribution in [0, 0.1) is 0 Å². The van der Waals surface area contributed by atoms with Crippen molar-refractivity contribution in [2.45, 2.75) is 44.2 Å². The average molecular weight is 212 g/mol. The number of carbonyl (C=O) groups is 1. The molecule has 86 valence electrons. The summed E-state index contributed by atoms with van der Waals surface area (Å²) in [7, 11) is 0. The van der Waals surface area contributed by atoms with Crippen LogP contribution in [0.3, 0.4) is 0 Å². The van der Waals surface area contributed by atoms with Crippen molar-refractivity contribution in [1.29, 1.82) is 0 Å². The van der Waals surface area contributed by atoms with Gasteiger partial charge in [-0.25, -0.2) is 0 Å². The molecule has 0 bridgehead atoms. The van der Waals surface area contributed by atoms with E-state index in [9.17, 15) is 4.79 Å². The molecule has 0 aromatic heterocycles. The first kappa shape index (κ1) is 10.9. The third-order valence-electron chi connectivity index (χ3n) is 3.26. The zero-order valence-electron chi connectivity index (χ0n) is 9.11. The molecule has 1 aliphatic heterocycles. The Bertz CT molecular complexity index is 229. The lowest BCUT2D eigenvalue weighted by Gasteiger charge is -2.23. The number of carbonyl (C=O) groups excluding carboxylic acids is 1. The Balaban J connectivity index is 1.68. The van der Waals surface area contributed by atoms with Crippen LogP contribution in [0.25, 0.3) is 0 Å². The average Bonchev–Trinajstić information content (AvgIpc) is 2.94. The molecule has 1 saturated heterocycles. The van der Waals surface area contributed by atoms with Crippen LogP contribution in [0.2, 0.25) is 0 Å². The van der Waals surface area contributed by atoms with Crippen molar-refractivity contribution >= 4 is 5.91 Å². The van der Waals surface area contributed by atoms with Gasteiger partial charge in [0, 0.05) is 25.6 Å². The first-order valence-electron chi connectivity index (χ1n) is 5.95. The van der Waals surface area contributed by atoms with E-state index in [1.165, 1.54) is 12.8 Å². The summed E-state index contributed by atoms with van der Waals surface area (Å²) in [6.45, 7) is 1.73. The van der Waals surface area contributed by atoms with E-state index >= 15 is 0 Å². The third kappa shape index (κ3) is 2.92. The number of aliphatic hydroxyl groups is 1. The van der Waals surface area contributed by atoms with E-state index in [0.29, 0.717) is 12.5 Å². The zero-order chi connectivity index (χ0) is 10.7. The lowest BCUT2D eigenvalue weighted by atomic mass is 10.2. The predicted molar refractivity (Wildman–Crippen MR) is 57.5 cm³/mol. The molecule has 2 rings (SSSR count). The molecule has 0 aromatic carbocycles. The van der Waals surface area contributed by atoms with Gasteiger partial charge < -0.3 is 15.3 Å². The number of hydrogen-bond donors (Lipinski definition) is 2. The molecule has 2 fully saturated rings. The van der Waals surface area contributed by atoms with Crippen molar-refractivity contribution in [3.63, 3.8) is 0 Å². The van der Waals surface area contributed by atoms with Crippen LogP contribution in [0.15, 0.2) is 0 Å². The molecule has 4 nitrogen and oxygen atoms in total. The summed E-state index contributed by atoms with van der Waals surface area (Å²) in [4.78, 5) is 13.6. The Labute approximate surface area is 90.6 Å². The number of aliphatic hydroxyl groups excluding tert-OH is 1. The molecular weight excluding hydrogens is 192 g/mol. The zero-order valence-corrected chi connectivity index (χ0v) is 9.11. The van der Waals surface area contributed by atoms with Gasteiger partial charge in [0.15, 0.2) is 0 Å². The van der Waals surface area contributed by atoms with Crippen molar-refractivity contribution in [3.05, 3.63) is 0 Å². The highest BCUT2D eigenvalue weighted by Gasteiger charge is 2.28. The fraction of sp³-hybridized carbons (Fsp3) is 0.909. The maximum Gasteiger partial charge on any atom is 0.224 e. The summed E-state index contributed by atoms with van der Waals surface area (Å²) in [6, 6.07) is 0.753. The van der Waals surface area contributed by atoms with Crippen molar-refractivity contribution in [1.82, 2.24) is 10.2 Å². The number of rotatable bonds is 5. The minimum Gasteiger partial charge on any atom is -0.394 e. The molecule has 0 spiro atoms. The van der Waals surface area contributed by atoms with Gasteiger partial charge in [-0.2, -0.15) is 0 Å². The Morgan fingerprint density at radius 2 is 2.20 bits per heavy atom. The highest BCUT2D eigenvalue weighted by molar-refractivity contribution is 5.77. The molecule has 1 amide bonds. The molecule has 0 radical (unpaired) electrons. The lowest BCUT2D eigenvalue weighted by Crippen LogP contribution is -2.39. The molecule has 0 unspecified atom stereocenters. The minimum absolute atomic E-state index is 0.0819. The van der Waals surface area contributed by atoms with Crippen LogP contribution in [-0.4, -0.2) is 47.7 Å². The topological polar surface area (TPSA) is 52.6 Å². The molecule has 0 aromatic rings. The number of amides is 1. The minimum atomic E-state index is 0.0819. The van der Waals surface area contributed by atoms with Gasteiger partial charge in [0.2, 0.25) is 5.91 Å².